The van der Waals surface area contributed by atoms with Crippen molar-refractivity contribution in [3.63, 3.8) is 0 Å². The standard InChI is InChI=1S/C19H20F3N3O/c1-13-4-2-3-5-16(13)25-10-8-24(9-11-25)12-17(26)23-15-7-6-14(20)18(21)19(15)22/h2-7H,8-12H2,1H3,(H,23,26). The van der Waals surface area contributed by atoms with Crippen molar-refractivity contribution in [3.05, 3.63) is 59.4 Å². The number of piperazine rings is 1. The van der Waals surface area contributed by atoms with Gasteiger partial charge in [-0.2, -0.15) is 0 Å². The molecule has 3 rings (SSSR count). The summed E-state index contributed by atoms with van der Waals surface area (Å²) in [6.45, 7) is 5.05. The summed E-state index contributed by atoms with van der Waals surface area (Å²) in [5.41, 5.74) is 2.03. The van der Waals surface area contributed by atoms with E-state index < -0.39 is 23.4 Å². The van der Waals surface area contributed by atoms with Gasteiger partial charge in [0.05, 0.1) is 12.2 Å². The van der Waals surface area contributed by atoms with Crippen molar-refractivity contribution in [2.45, 2.75) is 6.92 Å². The first kappa shape index (κ1) is 18.3. The molecule has 26 heavy (non-hydrogen) atoms. The molecule has 0 radical (unpaired) electrons. The van der Waals surface area contributed by atoms with E-state index in [4.69, 9.17) is 0 Å². The minimum Gasteiger partial charge on any atom is -0.369 e. The van der Waals surface area contributed by atoms with Crippen molar-refractivity contribution in [2.24, 2.45) is 0 Å². The lowest BCUT2D eigenvalue weighted by Crippen LogP contribution is -2.48. The summed E-state index contributed by atoms with van der Waals surface area (Å²) in [5, 5.41) is 2.30. The molecule has 0 unspecified atom stereocenters. The molecule has 0 saturated carbocycles. The maximum atomic E-state index is 13.6. The fourth-order valence-corrected chi connectivity index (χ4v) is 3.08. The van der Waals surface area contributed by atoms with Crippen molar-refractivity contribution >= 4 is 17.3 Å². The molecule has 1 amide bonds. The van der Waals surface area contributed by atoms with E-state index in [1.165, 1.54) is 11.3 Å². The summed E-state index contributed by atoms with van der Waals surface area (Å²) < 4.78 is 39.8. The van der Waals surface area contributed by atoms with Crippen LogP contribution >= 0.6 is 0 Å². The Morgan fingerprint density at radius 3 is 2.38 bits per heavy atom. The lowest BCUT2D eigenvalue weighted by Gasteiger charge is -2.36. The van der Waals surface area contributed by atoms with Gasteiger partial charge in [0.1, 0.15) is 0 Å². The number of nitrogens with zero attached hydrogens (tertiary/aromatic N) is 2. The Morgan fingerprint density at radius 2 is 1.69 bits per heavy atom. The lowest BCUT2D eigenvalue weighted by molar-refractivity contribution is -0.117. The van der Waals surface area contributed by atoms with Crippen LogP contribution in [0.4, 0.5) is 24.5 Å². The van der Waals surface area contributed by atoms with Gasteiger partial charge in [0, 0.05) is 31.9 Å². The van der Waals surface area contributed by atoms with Crippen LogP contribution in [0.25, 0.3) is 0 Å². The predicted molar refractivity (Wildman–Crippen MR) is 94.8 cm³/mol. The highest BCUT2D eigenvalue weighted by Gasteiger charge is 2.21. The zero-order valence-corrected chi connectivity index (χ0v) is 14.4. The van der Waals surface area contributed by atoms with Crippen molar-refractivity contribution in [1.82, 2.24) is 4.90 Å². The van der Waals surface area contributed by atoms with Crippen molar-refractivity contribution in [1.29, 1.82) is 0 Å². The molecule has 2 aromatic rings. The van der Waals surface area contributed by atoms with Crippen LogP contribution in [0.3, 0.4) is 0 Å². The molecule has 1 aliphatic heterocycles. The summed E-state index contributed by atoms with van der Waals surface area (Å²) in [6, 6.07) is 9.93. The Labute approximate surface area is 150 Å². The highest BCUT2D eigenvalue weighted by molar-refractivity contribution is 5.92. The van der Waals surface area contributed by atoms with Crippen molar-refractivity contribution in [2.75, 3.05) is 42.9 Å². The highest BCUT2D eigenvalue weighted by Crippen LogP contribution is 2.21. The van der Waals surface area contributed by atoms with E-state index in [9.17, 15) is 18.0 Å². The number of rotatable bonds is 4. The molecule has 1 fully saturated rings. The van der Waals surface area contributed by atoms with Crippen LogP contribution in [0, 0.1) is 24.4 Å². The zero-order chi connectivity index (χ0) is 18.7. The largest absolute Gasteiger partial charge is 0.369 e. The average molecular weight is 363 g/mol. The third-order valence-corrected chi connectivity index (χ3v) is 4.50. The fourth-order valence-electron chi connectivity index (χ4n) is 3.08. The molecule has 4 nitrogen and oxygen atoms in total. The SMILES string of the molecule is Cc1ccccc1N1CCN(CC(=O)Nc2ccc(F)c(F)c2F)CC1. The van der Waals surface area contributed by atoms with E-state index in [-0.39, 0.29) is 12.2 Å². The summed E-state index contributed by atoms with van der Waals surface area (Å²) in [6.07, 6.45) is 0. The van der Waals surface area contributed by atoms with Crippen LogP contribution in [-0.4, -0.2) is 43.5 Å². The number of hydrogen-bond donors (Lipinski definition) is 1. The highest BCUT2D eigenvalue weighted by atomic mass is 19.2. The van der Waals surface area contributed by atoms with Gasteiger partial charge in [-0.3, -0.25) is 9.69 Å². The van der Waals surface area contributed by atoms with Crippen LogP contribution < -0.4 is 10.2 Å². The van der Waals surface area contributed by atoms with E-state index in [1.54, 1.807) is 0 Å². The molecule has 0 spiro atoms. The number of nitrogens with one attached hydrogen (secondary N) is 1. The van der Waals surface area contributed by atoms with Gasteiger partial charge in [-0.15, -0.1) is 0 Å². The molecular formula is C19H20F3N3O. The normalized spacial score (nSPS) is 15.2. The molecular weight excluding hydrogens is 343 g/mol. The quantitative estimate of drug-likeness (QED) is 0.848. The lowest BCUT2D eigenvalue weighted by atomic mass is 10.1. The summed E-state index contributed by atoms with van der Waals surface area (Å²) in [4.78, 5) is 16.3. The minimum atomic E-state index is -1.59. The van der Waals surface area contributed by atoms with Gasteiger partial charge in [-0.05, 0) is 30.7 Å². The molecule has 138 valence electrons. The van der Waals surface area contributed by atoms with Gasteiger partial charge in [-0.25, -0.2) is 13.2 Å². The topological polar surface area (TPSA) is 35.6 Å². The fraction of sp³-hybridized carbons (Fsp3) is 0.316. The Balaban J connectivity index is 1.54. The smallest absolute Gasteiger partial charge is 0.238 e. The number of hydrogen-bond acceptors (Lipinski definition) is 3. The van der Waals surface area contributed by atoms with Gasteiger partial charge in [-0.1, -0.05) is 18.2 Å². The maximum Gasteiger partial charge on any atom is 0.238 e. The van der Waals surface area contributed by atoms with Gasteiger partial charge < -0.3 is 10.2 Å². The Morgan fingerprint density at radius 1 is 1.00 bits per heavy atom. The van der Waals surface area contributed by atoms with Crippen molar-refractivity contribution < 1.29 is 18.0 Å². The molecule has 1 N–H and O–H groups in total. The van der Waals surface area contributed by atoms with Crippen molar-refractivity contribution in [3.8, 4) is 0 Å². The minimum absolute atomic E-state index is 0.0695. The summed E-state index contributed by atoms with van der Waals surface area (Å²) in [5.74, 6) is -4.72. The van der Waals surface area contributed by atoms with Crippen LogP contribution in [-0.2, 0) is 4.79 Å². The van der Waals surface area contributed by atoms with Crippen LogP contribution in [0.2, 0.25) is 0 Å². The first-order valence-electron chi connectivity index (χ1n) is 8.42. The predicted octanol–water partition coefficient (Wildman–Crippen LogP) is 3.17. The third-order valence-electron chi connectivity index (χ3n) is 4.50. The van der Waals surface area contributed by atoms with E-state index in [1.807, 2.05) is 17.0 Å². The average Bonchev–Trinajstić information content (AvgIpc) is 2.63. The molecule has 1 heterocycles. The second kappa shape index (κ2) is 7.78. The summed E-state index contributed by atoms with van der Waals surface area (Å²) >= 11 is 0. The Kier molecular flexibility index (Phi) is 5.46. The van der Waals surface area contributed by atoms with Crippen LogP contribution in [0.1, 0.15) is 5.56 Å². The molecule has 0 atom stereocenters. The molecule has 0 aliphatic carbocycles. The number of aryl methyl sites for hydroxylation is 1. The van der Waals surface area contributed by atoms with Crippen LogP contribution in [0.15, 0.2) is 36.4 Å². The molecule has 1 saturated heterocycles. The van der Waals surface area contributed by atoms with Gasteiger partial charge in [0.15, 0.2) is 17.5 Å². The van der Waals surface area contributed by atoms with Gasteiger partial charge >= 0.3 is 0 Å². The van der Waals surface area contributed by atoms with E-state index in [0.29, 0.717) is 13.1 Å². The van der Waals surface area contributed by atoms with E-state index >= 15 is 0 Å². The number of para-hydroxylation sites is 1. The number of carbonyl (C=O) groups excluding carboxylic acids is 1. The second-order valence-corrected chi connectivity index (χ2v) is 6.32. The monoisotopic (exact) mass is 363 g/mol. The zero-order valence-electron chi connectivity index (χ0n) is 14.4. The van der Waals surface area contributed by atoms with Gasteiger partial charge in [0.2, 0.25) is 5.91 Å². The second-order valence-electron chi connectivity index (χ2n) is 6.32. The van der Waals surface area contributed by atoms with E-state index in [0.717, 1.165) is 25.2 Å². The van der Waals surface area contributed by atoms with Crippen LogP contribution in [0.5, 0.6) is 0 Å². The maximum absolute atomic E-state index is 13.6. The third kappa shape index (κ3) is 3.99. The number of anilines is 2. The molecule has 2 aromatic carbocycles. The molecule has 7 heteroatoms. The first-order valence-corrected chi connectivity index (χ1v) is 8.42. The number of halogens is 3. The Bertz CT molecular complexity index is 805. The van der Waals surface area contributed by atoms with Gasteiger partial charge in [0.25, 0.3) is 0 Å². The number of carbonyl (C=O) groups is 1. The number of amides is 1. The molecule has 1 aliphatic rings. The first-order chi connectivity index (χ1) is 12.5. The Hall–Kier alpha value is -2.54. The summed E-state index contributed by atoms with van der Waals surface area (Å²) in [7, 11) is 0. The molecule has 0 aromatic heterocycles. The number of benzene rings is 2. The molecule has 0 bridgehead atoms. The van der Waals surface area contributed by atoms with E-state index in [2.05, 4.69) is 29.3 Å².